The molecular weight excluding hydrogens is 413 g/mol. The Hall–Kier alpha value is -0.980. The predicted octanol–water partition coefficient (Wildman–Crippen LogP) is 4.11. The molecule has 0 saturated carbocycles. The molecule has 1 aromatic carbocycles. The lowest BCUT2D eigenvalue weighted by Gasteiger charge is -2.62. The maximum absolute atomic E-state index is 5.47. The fourth-order valence-electron chi connectivity index (χ4n) is 3.12. The highest BCUT2D eigenvalue weighted by molar-refractivity contribution is 14.0. The molecule has 1 aliphatic heterocycles. The first-order valence-corrected chi connectivity index (χ1v) is 8.36. The van der Waals surface area contributed by atoms with Gasteiger partial charge in [-0.15, -0.1) is 24.0 Å². The van der Waals surface area contributed by atoms with E-state index in [0.29, 0.717) is 11.3 Å². The Balaban J connectivity index is 0.00000288. The van der Waals surface area contributed by atoms with Gasteiger partial charge in [0.05, 0.1) is 7.11 Å². The predicted molar refractivity (Wildman–Crippen MR) is 113 cm³/mol. The van der Waals surface area contributed by atoms with Crippen LogP contribution in [0.25, 0.3) is 0 Å². The quantitative estimate of drug-likeness (QED) is 0.431. The molecule has 136 valence electrons. The maximum atomic E-state index is 5.47. The van der Waals surface area contributed by atoms with Crippen molar-refractivity contribution in [2.24, 2.45) is 10.4 Å². The fraction of sp³-hybridized carbons (Fsp3) is 0.632. The van der Waals surface area contributed by atoms with E-state index in [-0.39, 0.29) is 29.5 Å². The molecule has 4 nitrogen and oxygen atoms in total. The van der Waals surface area contributed by atoms with Gasteiger partial charge in [0.15, 0.2) is 5.96 Å². The molecule has 2 rings (SSSR count). The molecular formula is C19H32IN3O. The van der Waals surface area contributed by atoms with Crippen molar-refractivity contribution in [3.05, 3.63) is 29.8 Å². The van der Waals surface area contributed by atoms with Crippen molar-refractivity contribution in [2.75, 3.05) is 27.2 Å². The molecule has 0 spiro atoms. The smallest absolute Gasteiger partial charge is 0.194 e. The van der Waals surface area contributed by atoms with Gasteiger partial charge in [-0.3, -0.25) is 4.99 Å². The zero-order chi connectivity index (χ0) is 17.3. The molecule has 0 bridgehead atoms. The first kappa shape index (κ1) is 21.1. The number of hydrogen-bond acceptors (Lipinski definition) is 2. The van der Waals surface area contributed by atoms with Crippen LogP contribution in [-0.2, 0) is 0 Å². The van der Waals surface area contributed by atoms with Crippen LogP contribution in [-0.4, -0.2) is 43.6 Å². The Morgan fingerprint density at radius 3 is 2.42 bits per heavy atom. The molecule has 0 aliphatic carbocycles. The van der Waals surface area contributed by atoms with E-state index in [4.69, 9.17) is 4.74 Å². The summed E-state index contributed by atoms with van der Waals surface area (Å²) in [7, 11) is 3.58. The number of halogens is 1. The molecule has 1 saturated heterocycles. The minimum atomic E-state index is 0. The van der Waals surface area contributed by atoms with E-state index in [1.807, 2.05) is 19.2 Å². The fourth-order valence-corrected chi connectivity index (χ4v) is 3.12. The van der Waals surface area contributed by atoms with Crippen molar-refractivity contribution in [3.63, 3.8) is 0 Å². The Labute approximate surface area is 164 Å². The molecule has 0 radical (unpaired) electrons. The molecule has 0 aromatic heterocycles. The highest BCUT2D eigenvalue weighted by atomic mass is 127. The number of nitrogens with zero attached hydrogens (tertiary/aromatic N) is 2. The summed E-state index contributed by atoms with van der Waals surface area (Å²) in [6.07, 6.45) is 0. The van der Waals surface area contributed by atoms with E-state index >= 15 is 0 Å². The van der Waals surface area contributed by atoms with Crippen LogP contribution in [0.2, 0.25) is 0 Å². The van der Waals surface area contributed by atoms with Crippen LogP contribution in [0.5, 0.6) is 5.75 Å². The van der Waals surface area contributed by atoms with Gasteiger partial charge in [0.25, 0.3) is 0 Å². The van der Waals surface area contributed by atoms with Crippen molar-refractivity contribution in [1.82, 2.24) is 10.2 Å². The van der Waals surface area contributed by atoms with Crippen LogP contribution in [0, 0.1) is 5.41 Å². The number of rotatable bonds is 4. The number of para-hydroxylation sites is 1. The molecule has 1 atom stereocenters. The third kappa shape index (κ3) is 3.81. The number of ether oxygens (including phenoxy) is 1. The maximum Gasteiger partial charge on any atom is 0.194 e. The van der Waals surface area contributed by atoms with Gasteiger partial charge in [-0.25, -0.2) is 0 Å². The van der Waals surface area contributed by atoms with Crippen LogP contribution in [0.4, 0.5) is 0 Å². The lowest BCUT2D eigenvalue weighted by Crippen LogP contribution is -2.72. The molecule has 1 heterocycles. The molecule has 0 amide bonds. The number of guanidine groups is 1. The van der Waals surface area contributed by atoms with Crippen LogP contribution in [0.1, 0.15) is 46.1 Å². The molecule has 24 heavy (non-hydrogen) atoms. The van der Waals surface area contributed by atoms with E-state index in [2.05, 4.69) is 62.0 Å². The molecule has 1 aliphatic rings. The van der Waals surface area contributed by atoms with Gasteiger partial charge >= 0.3 is 0 Å². The summed E-state index contributed by atoms with van der Waals surface area (Å²) >= 11 is 0. The first-order chi connectivity index (χ1) is 10.7. The van der Waals surface area contributed by atoms with Gasteiger partial charge in [-0.2, -0.15) is 0 Å². The first-order valence-electron chi connectivity index (χ1n) is 8.36. The Bertz CT molecular complexity index is 584. The van der Waals surface area contributed by atoms with Crippen molar-refractivity contribution in [3.8, 4) is 5.75 Å². The topological polar surface area (TPSA) is 36.9 Å². The largest absolute Gasteiger partial charge is 0.496 e. The number of likely N-dealkylation sites (tertiary alicyclic amines) is 1. The molecule has 1 fully saturated rings. The summed E-state index contributed by atoms with van der Waals surface area (Å²) in [6.45, 7) is 13.3. The number of methoxy groups -OCH3 is 1. The second-order valence-corrected chi connectivity index (χ2v) is 7.60. The van der Waals surface area contributed by atoms with Gasteiger partial charge in [0, 0.05) is 37.0 Å². The lowest BCUT2D eigenvalue weighted by atomic mass is 9.65. The average Bonchev–Trinajstić information content (AvgIpc) is 2.53. The molecule has 1 aromatic rings. The standard InChI is InChI=1S/C19H31N3O.HI/c1-14(15-10-8-9-11-16(15)23-7)12-21-17(20-6)22-13-18(2,3)19(22,4)5;/h8-11,14H,12-13H2,1-7H3,(H,20,21);1H. The zero-order valence-electron chi connectivity index (χ0n) is 16.0. The Kier molecular flexibility index (Phi) is 6.96. The normalized spacial score (nSPS) is 19.8. The average molecular weight is 445 g/mol. The third-order valence-corrected chi connectivity index (χ3v) is 5.59. The van der Waals surface area contributed by atoms with Gasteiger partial charge < -0.3 is 15.0 Å². The van der Waals surface area contributed by atoms with Gasteiger partial charge in [0.2, 0.25) is 0 Å². The van der Waals surface area contributed by atoms with Gasteiger partial charge in [-0.1, -0.05) is 39.0 Å². The van der Waals surface area contributed by atoms with Crippen LogP contribution in [0.15, 0.2) is 29.3 Å². The highest BCUT2D eigenvalue weighted by Crippen LogP contribution is 2.46. The van der Waals surface area contributed by atoms with Gasteiger partial charge in [0.1, 0.15) is 5.75 Å². The van der Waals surface area contributed by atoms with E-state index in [0.717, 1.165) is 24.8 Å². The summed E-state index contributed by atoms with van der Waals surface area (Å²) in [5.74, 6) is 2.28. The molecule has 1 N–H and O–H groups in total. The number of nitrogens with one attached hydrogen (secondary N) is 1. The van der Waals surface area contributed by atoms with Gasteiger partial charge in [-0.05, 0) is 25.5 Å². The Morgan fingerprint density at radius 1 is 1.29 bits per heavy atom. The number of benzene rings is 1. The highest BCUT2D eigenvalue weighted by Gasteiger charge is 2.53. The summed E-state index contributed by atoms with van der Waals surface area (Å²) in [4.78, 5) is 6.84. The van der Waals surface area contributed by atoms with Crippen molar-refractivity contribution >= 4 is 29.9 Å². The van der Waals surface area contributed by atoms with Crippen LogP contribution >= 0.6 is 24.0 Å². The SMILES string of the molecule is CN=C(NCC(C)c1ccccc1OC)N1CC(C)(C)C1(C)C.I. The summed E-state index contributed by atoms with van der Waals surface area (Å²) < 4.78 is 5.47. The minimum Gasteiger partial charge on any atom is -0.496 e. The second-order valence-electron chi connectivity index (χ2n) is 7.60. The lowest BCUT2D eigenvalue weighted by molar-refractivity contribution is -0.0667. The Morgan fingerprint density at radius 2 is 1.92 bits per heavy atom. The number of aliphatic imine (C=N–C) groups is 1. The molecule has 1 unspecified atom stereocenters. The molecule has 5 heteroatoms. The minimum absolute atomic E-state index is 0. The second kappa shape index (κ2) is 7.93. The van der Waals surface area contributed by atoms with E-state index in [9.17, 15) is 0 Å². The van der Waals surface area contributed by atoms with E-state index in [1.165, 1.54) is 5.56 Å². The van der Waals surface area contributed by atoms with Crippen molar-refractivity contribution in [2.45, 2.75) is 46.1 Å². The van der Waals surface area contributed by atoms with E-state index in [1.54, 1.807) is 7.11 Å². The summed E-state index contributed by atoms with van der Waals surface area (Å²) in [6, 6.07) is 8.21. The number of hydrogen-bond donors (Lipinski definition) is 1. The van der Waals surface area contributed by atoms with Crippen LogP contribution < -0.4 is 10.1 Å². The van der Waals surface area contributed by atoms with Crippen molar-refractivity contribution < 1.29 is 4.74 Å². The zero-order valence-corrected chi connectivity index (χ0v) is 18.3. The summed E-state index contributed by atoms with van der Waals surface area (Å²) in [5.41, 5.74) is 1.64. The summed E-state index contributed by atoms with van der Waals surface area (Å²) in [5, 5.41) is 3.53. The van der Waals surface area contributed by atoms with Crippen LogP contribution in [0.3, 0.4) is 0 Å². The third-order valence-electron chi connectivity index (χ3n) is 5.59. The van der Waals surface area contributed by atoms with Crippen molar-refractivity contribution in [1.29, 1.82) is 0 Å². The monoisotopic (exact) mass is 445 g/mol. The van der Waals surface area contributed by atoms with E-state index < -0.39 is 0 Å².